The van der Waals surface area contributed by atoms with Crippen LogP contribution in [0.5, 0.6) is 11.5 Å². The van der Waals surface area contributed by atoms with E-state index >= 15 is 0 Å². The van der Waals surface area contributed by atoms with Crippen LogP contribution in [0.3, 0.4) is 0 Å². The molecule has 2 aromatic carbocycles. The molecule has 13 nitrogen and oxygen atoms in total. The highest BCUT2D eigenvalue weighted by atomic mass is 16.7. The third-order valence-electron chi connectivity index (χ3n) is 6.83. The molecule has 4 rings (SSSR count). The van der Waals surface area contributed by atoms with Crippen LogP contribution in [0.2, 0.25) is 0 Å². The number of benzene rings is 2. The summed E-state index contributed by atoms with van der Waals surface area (Å²) in [5, 5.41) is 0.785. The Hall–Kier alpha value is -4.75. The Labute approximate surface area is 259 Å². The van der Waals surface area contributed by atoms with Crippen molar-refractivity contribution in [1.29, 1.82) is 0 Å². The van der Waals surface area contributed by atoms with Gasteiger partial charge >= 0.3 is 23.9 Å². The third-order valence-corrected chi connectivity index (χ3v) is 6.83. The molecule has 240 valence electrons. The van der Waals surface area contributed by atoms with Crippen LogP contribution >= 0.6 is 0 Å². The zero-order valence-corrected chi connectivity index (χ0v) is 25.8. The minimum Gasteiger partial charge on any atom is -0.493 e. The first kappa shape index (κ1) is 33.1. The van der Waals surface area contributed by atoms with Gasteiger partial charge in [-0.15, -0.1) is 0 Å². The van der Waals surface area contributed by atoms with Gasteiger partial charge in [-0.05, 0) is 35.9 Å². The fourth-order valence-corrected chi connectivity index (χ4v) is 5.01. The molecule has 3 aromatic rings. The maximum absolute atomic E-state index is 12.2. The molecule has 0 saturated carbocycles. The monoisotopic (exact) mass is 625 g/mol. The summed E-state index contributed by atoms with van der Waals surface area (Å²) in [6.07, 6.45) is -6.43. The Bertz CT molecular complexity index is 1560. The number of hydrogen-bond acceptors (Lipinski definition) is 13. The van der Waals surface area contributed by atoms with Crippen LogP contribution in [-0.4, -0.2) is 80.4 Å². The van der Waals surface area contributed by atoms with E-state index in [-0.39, 0.29) is 13.2 Å². The lowest BCUT2D eigenvalue weighted by Crippen LogP contribution is -2.62. The highest BCUT2D eigenvalue weighted by Gasteiger charge is 2.52. The second-order valence-corrected chi connectivity index (χ2v) is 10.1. The number of carbonyl (C=O) groups is 4. The fourth-order valence-electron chi connectivity index (χ4n) is 5.01. The van der Waals surface area contributed by atoms with Crippen molar-refractivity contribution in [3.8, 4) is 22.8 Å². The number of nitrogens with zero attached hydrogens (tertiary/aromatic N) is 1. The molecule has 2 heterocycles. The molecule has 5 atom stereocenters. The number of para-hydroxylation sites is 1. The van der Waals surface area contributed by atoms with Gasteiger partial charge in [-0.25, -0.2) is 4.98 Å². The molecule has 0 spiro atoms. The standard InChI is InChI=1S/C32H35NO12/c1-17(34)40-16-28-29(42-18(2)35)30(43-19(3)36)31(44-20(4)37)32(45-28)41-15-22-13-25(33-24-10-8-7-9-23(22)24)21-11-12-26(38-5)27(14-21)39-6/h7-14,28-32H,15-16H2,1-6H3/t28-,29+,30+,31-,32-/m1/s1. The van der Waals surface area contributed by atoms with Gasteiger partial charge in [0.1, 0.15) is 12.7 Å². The highest BCUT2D eigenvalue weighted by molar-refractivity contribution is 5.85. The third kappa shape index (κ3) is 8.25. The number of hydrogen-bond donors (Lipinski definition) is 0. The van der Waals surface area contributed by atoms with Crippen molar-refractivity contribution in [2.24, 2.45) is 0 Å². The number of esters is 4. The Kier molecular flexibility index (Phi) is 10.9. The van der Waals surface area contributed by atoms with Crippen LogP contribution in [0.1, 0.15) is 33.3 Å². The van der Waals surface area contributed by atoms with E-state index in [0.717, 1.165) is 24.8 Å². The molecule has 0 N–H and O–H groups in total. The van der Waals surface area contributed by atoms with Crippen molar-refractivity contribution in [1.82, 2.24) is 4.98 Å². The van der Waals surface area contributed by atoms with Crippen molar-refractivity contribution in [3.05, 3.63) is 54.1 Å². The van der Waals surface area contributed by atoms with E-state index < -0.39 is 54.6 Å². The second kappa shape index (κ2) is 14.8. The highest BCUT2D eigenvalue weighted by Crippen LogP contribution is 2.34. The van der Waals surface area contributed by atoms with Crippen molar-refractivity contribution in [2.45, 2.75) is 65.0 Å². The molecule has 0 amide bonds. The van der Waals surface area contributed by atoms with E-state index in [2.05, 4.69) is 0 Å². The number of ether oxygens (including phenoxy) is 8. The number of carbonyl (C=O) groups excluding carboxylic acids is 4. The van der Waals surface area contributed by atoms with E-state index in [9.17, 15) is 19.2 Å². The number of pyridine rings is 1. The van der Waals surface area contributed by atoms with Gasteiger partial charge in [-0.3, -0.25) is 19.2 Å². The minimum atomic E-state index is -1.34. The molecule has 1 saturated heterocycles. The fraction of sp³-hybridized carbons (Fsp3) is 0.406. The van der Waals surface area contributed by atoms with Gasteiger partial charge < -0.3 is 37.9 Å². The Morgan fingerprint density at radius 2 is 1.40 bits per heavy atom. The molecular weight excluding hydrogens is 590 g/mol. The Morgan fingerprint density at radius 3 is 2.04 bits per heavy atom. The Balaban J connectivity index is 1.72. The first-order chi connectivity index (χ1) is 21.5. The summed E-state index contributed by atoms with van der Waals surface area (Å²) in [7, 11) is 3.09. The van der Waals surface area contributed by atoms with E-state index in [1.807, 2.05) is 36.4 Å². The first-order valence-corrected chi connectivity index (χ1v) is 14.0. The van der Waals surface area contributed by atoms with E-state index in [1.54, 1.807) is 26.4 Å². The molecule has 13 heteroatoms. The van der Waals surface area contributed by atoms with Crippen molar-refractivity contribution < 1.29 is 57.1 Å². The molecule has 45 heavy (non-hydrogen) atoms. The summed E-state index contributed by atoms with van der Waals surface area (Å²) in [6.45, 7) is 4.24. The summed E-state index contributed by atoms with van der Waals surface area (Å²) in [5.41, 5.74) is 2.77. The molecule has 0 unspecified atom stereocenters. The number of aromatic nitrogens is 1. The second-order valence-electron chi connectivity index (χ2n) is 10.1. The largest absolute Gasteiger partial charge is 0.493 e. The van der Waals surface area contributed by atoms with Gasteiger partial charge in [0, 0.05) is 38.6 Å². The van der Waals surface area contributed by atoms with Crippen LogP contribution in [0.15, 0.2) is 48.5 Å². The SMILES string of the molecule is COc1ccc(-c2cc(CO[C@@H]3O[C@H](COC(C)=O)[C@H](OC(C)=O)[C@H](OC(C)=O)[C@H]3OC(C)=O)c3ccccc3n2)cc1OC. The van der Waals surface area contributed by atoms with Crippen LogP contribution in [-0.2, 0) is 54.2 Å². The predicted molar refractivity (Wildman–Crippen MR) is 157 cm³/mol. The van der Waals surface area contributed by atoms with E-state index in [0.29, 0.717) is 28.3 Å². The van der Waals surface area contributed by atoms with Crippen molar-refractivity contribution in [3.63, 3.8) is 0 Å². The zero-order chi connectivity index (χ0) is 32.7. The van der Waals surface area contributed by atoms with Gasteiger partial charge in [-0.1, -0.05) is 18.2 Å². The summed E-state index contributed by atoms with van der Waals surface area (Å²) in [5.74, 6) is -1.70. The molecule has 1 aromatic heterocycles. The smallest absolute Gasteiger partial charge is 0.303 e. The minimum absolute atomic E-state index is 0.0724. The van der Waals surface area contributed by atoms with E-state index in [1.165, 1.54) is 13.8 Å². The molecular formula is C32H35NO12. The summed E-state index contributed by atoms with van der Waals surface area (Å²) < 4.78 is 44.7. The lowest BCUT2D eigenvalue weighted by molar-refractivity contribution is -0.310. The van der Waals surface area contributed by atoms with Gasteiger partial charge in [0.15, 0.2) is 36.1 Å². The number of rotatable bonds is 11. The van der Waals surface area contributed by atoms with Crippen LogP contribution in [0.25, 0.3) is 22.2 Å². The number of fused-ring (bicyclic) bond motifs is 1. The Morgan fingerprint density at radius 1 is 0.756 bits per heavy atom. The van der Waals surface area contributed by atoms with Crippen LogP contribution in [0, 0.1) is 0 Å². The molecule has 0 bridgehead atoms. The van der Waals surface area contributed by atoms with Crippen molar-refractivity contribution in [2.75, 3.05) is 20.8 Å². The zero-order valence-electron chi connectivity index (χ0n) is 25.8. The van der Waals surface area contributed by atoms with Crippen molar-refractivity contribution >= 4 is 34.8 Å². The average molecular weight is 626 g/mol. The van der Waals surface area contributed by atoms with Gasteiger partial charge in [0.25, 0.3) is 0 Å². The lowest BCUT2D eigenvalue weighted by atomic mass is 9.98. The predicted octanol–water partition coefficient (Wildman–Crippen LogP) is 3.52. The normalized spacial score (nSPS) is 21.0. The van der Waals surface area contributed by atoms with Gasteiger partial charge in [0.2, 0.25) is 0 Å². The molecule has 1 aliphatic rings. The molecule has 1 aliphatic heterocycles. The first-order valence-electron chi connectivity index (χ1n) is 14.0. The topological polar surface area (TPSA) is 155 Å². The quantitative estimate of drug-likeness (QED) is 0.226. The molecule has 0 aliphatic carbocycles. The van der Waals surface area contributed by atoms with Crippen LogP contribution in [0.4, 0.5) is 0 Å². The maximum atomic E-state index is 12.2. The van der Waals surface area contributed by atoms with Gasteiger partial charge in [-0.2, -0.15) is 0 Å². The molecule has 0 radical (unpaired) electrons. The summed E-state index contributed by atoms with van der Waals surface area (Å²) >= 11 is 0. The summed E-state index contributed by atoms with van der Waals surface area (Å²) in [6, 6.07) is 14.7. The molecule has 1 fully saturated rings. The lowest BCUT2D eigenvalue weighted by Gasteiger charge is -2.44. The summed E-state index contributed by atoms with van der Waals surface area (Å²) in [4.78, 5) is 52.8. The number of methoxy groups -OCH3 is 2. The van der Waals surface area contributed by atoms with Crippen LogP contribution < -0.4 is 9.47 Å². The van der Waals surface area contributed by atoms with Gasteiger partial charge in [0.05, 0.1) is 32.0 Å². The maximum Gasteiger partial charge on any atom is 0.303 e. The average Bonchev–Trinajstić information content (AvgIpc) is 3.00. The van der Waals surface area contributed by atoms with E-state index in [4.69, 9.17) is 42.9 Å².